The Morgan fingerprint density at radius 2 is 1.84 bits per heavy atom. The van der Waals surface area contributed by atoms with Gasteiger partial charge >= 0.3 is 5.69 Å². The lowest BCUT2D eigenvalue weighted by Crippen LogP contribution is -2.27. The normalized spacial score (nSPS) is 11.9. The first kappa shape index (κ1) is 25.9. The van der Waals surface area contributed by atoms with Crippen LogP contribution in [0.3, 0.4) is 0 Å². The largest absolute Gasteiger partial charge is 0.487 e. The zero-order chi connectivity index (χ0) is 27.1. The molecule has 4 rings (SSSR count). The summed E-state index contributed by atoms with van der Waals surface area (Å²) in [6, 6.07) is 24.9. The van der Waals surface area contributed by atoms with Crippen molar-refractivity contribution in [3.05, 3.63) is 112 Å². The number of benzene rings is 3. The van der Waals surface area contributed by atoms with E-state index in [-0.39, 0.29) is 29.7 Å². The summed E-state index contributed by atoms with van der Waals surface area (Å²) in [5.41, 5.74) is 2.58. The van der Waals surface area contributed by atoms with E-state index in [1.165, 1.54) is 18.2 Å². The fourth-order valence-electron chi connectivity index (χ4n) is 3.92. The second-order valence-corrected chi connectivity index (χ2v) is 8.36. The van der Waals surface area contributed by atoms with E-state index in [1.54, 1.807) is 23.9 Å². The average molecular weight is 508 g/mol. The molecule has 4 aromatic rings. The quantitative estimate of drug-likeness (QED) is 0.136. The van der Waals surface area contributed by atoms with Gasteiger partial charge in [0.25, 0.3) is 5.91 Å². The molecule has 9 nitrogen and oxygen atoms in total. The molecule has 1 aromatic heterocycles. The van der Waals surface area contributed by atoms with Crippen LogP contribution in [0, 0.1) is 21.4 Å². The minimum atomic E-state index is -0.542. The van der Waals surface area contributed by atoms with Gasteiger partial charge in [0, 0.05) is 23.4 Å². The van der Waals surface area contributed by atoms with E-state index < -0.39 is 10.8 Å². The fraction of sp³-hybridized carbons (Fsp3) is 0.138. The summed E-state index contributed by atoms with van der Waals surface area (Å²) in [6.45, 7) is 3.86. The number of nitro benzene ring substituents is 1. The Balaban J connectivity index is 1.77. The number of nitriles is 1. The highest BCUT2D eigenvalue weighted by Crippen LogP contribution is 2.34. The number of ether oxygens (including phenoxy) is 1. The zero-order valence-electron chi connectivity index (χ0n) is 20.9. The number of nitro groups is 1. The van der Waals surface area contributed by atoms with Crippen molar-refractivity contribution in [1.29, 1.82) is 5.26 Å². The Bertz CT molecular complexity index is 1520. The number of nitrogens with zero attached hydrogens (tertiary/aromatic N) is 4. The molecule has 0 bridgehead atoms. The Labute approximate surface area is 219 Å². The fourth-order valence-corrected chi connectivity index (χ4v) is 3.92. The molecule has 0 aliphatic carbocycles. The van der Waals surface area contributed by atoms with Crippen LogP contribution < -0.4 is 10.1 Å². The molecule has 1 atom stereocenters. The Morgan fingerprint density at radius 1 is 1.16 bits per heavy atom. The molecule has 0 aliphatic rings. The van der Waals surface area contributed by atoms with Crippen molar-refractivity contribution in [2.24, 2.45) is 0 Å². The van der Waals surface area contributed by atoms with Crippen molar-refractivity contribution in [3.63, 3.8) is 0 Å². The number of nitrogens with one attached hydrogen (secondary N) is 1. The second kappa shape index (κ2) is 11.7. The smallest absolute Gasteiger partial charge is 0.311 e. The molecule has 0 aliphatic heterocycles. The van der Waals surface area contributed by atoms with Crippen LogP contribution in [-0.2, 0) is 4.79 Å². The van der Waals surface area contributed by atoms with E-state index in [4.69, 9.17) is 4.74 Å². The van der Waals surface area contributed by atoms with Crippen molar-refractivity contribution in [2.75, 3.05) is 6.61 Å². The van der Waals surface area contributed by atoms with Gasteiger partial charge in [-0.25, -0.2) is 4.68 Å². The lowest BCUT2D eigenvalue weighted by atomic mass is 10.0. The third-order valence-electron chi connectivity index (χ3n) is 5.80. The first-order chi connectivity index (χ1) is 18.4. The minimum Gasteiger partial charge on any atom is -0.487 e. The molecule has 0 fully saturated rings. The van der Waals surface area contributed by atoms with Crippen molar-refractivity contribution >= 4 is 17.7 Å². The van der Waals surface area contributed by atoms with Crippen LogP contribution in [0.2, 0.25) is 0 Å². The molecule has 0 unspecified atom stereocenters. The molecule has 1 amide bonds. The highest BCUT2D eigenvalue weighted by molar-refractivity contribution is 6.02. The van der Waals surface area contributed by atoms with Crippen molar-refractivity contribution in [2.45, 2.75) is 19.9 Å². The summed E-state index contributed by atoms with van der Waals surface area (Å²) in [5, 5.41) is 29.0. The molecular weight excluding hydrogens is 482 g/mol. The number of amides is 1. The number of aromatic nitrogens is 2. The lowest BCUT2D eigenvalue weighted by Gasteiger charge is -2.13. The maximum atomic E-state index is 13.0. The first-order valence-electron chi connectivity index (χ1n) is 12.0. The number of hydrogen-bond donors (Lipinski definition) is 1. The molecule has 0 saturated heterocycles. The third kappa shape index (κ3) is 5.77. The molecule has 0 radical (unpaired) electrons. The molecular formula is C29H25N5O4. The van der Waals surface area contributed by atoms with Gasteiger partial charge in [-0.05, 0) is 49.8 Å². The summed E-state index contributed by atoms with van der Waals surface area (Å²) in [5.74, 6) is -0.396. The van der Waals surface area contributed by atoms with Gasteiger partial charge in [-0.2, -0.15) is 10.4 Å². The van der Waals surface area contributed by atoms with E-state index in [9.17, 15) is 20.2 Å². The Kier molecular flexibility index (Phi) is 7.94. The highest BCUT2D eigenvalue weighted by Gasteiger charge is 2.21. The maximum absolute atomic E-state index is 13.0. The van der Waals surface area contributed by atoms with Crippen LogP contribution in [0.15, 0.2) is 90.6 Å². The summed E-state index contributed by atoms with van der Waals surface area (Å²) in [7, 11) is 0. The van der Waals surface area contributed by atoms with E-state index in [0.29, 0.717) is 16.8 Å². The van der Waals surface area contributed by atoms with Crippen LogP contribution in [0.25, 0.3) is 23.0 Å². The van der Waals surface area contributed by atoms with E-state index >= 15 is 0 Å². The summed E-state index contributed by atoms with van der Waals surface area (Å²) < 4.78 is 7.01. The average Bonchev–Trinajstić information content (AvgIpc) is 3.36. The molecule has 38 heavy (non-hydrogen) atoms. The van der Waals surface area contributed by atoms with Crippen LogP contribution in [0.5, 0.6) is 5.75 Å². The van der Waals surface area contributed by atoms with E-state index in [0.717, 1.165) is 11.3 Å². The predicted octanol–water partition coefficient (Wildman–Crippen LogP) is 5.63. The van der Waals surface area contributed by atoms with Crippen LogP contribution >= 0.6 is 0 Å². The van der Waals surface area contributed by atoms with Gasteiger partial charge in [-0.1, -0.05) is 48.5 Å². The number of carbonyl (C=O) groups is 1. The first-order valence-corrected chi connectivity index (χ1v) is 12.0. The lowest BCUT2D eigenvalue weighted by molar-refractivity contribution is -0.385. The Morgan fingerprint density at radius 3 is 2.47 bits per heavy atom. The summed E-state index contributed by atoms with van der Waals surface area (Å²) >= 11 is 0. The van der Waals surface area contributed by atoms with Gasteiger partial charge in [-0.3, -0.25) is 14.9 Å². The van der Waals surface area contributed by atoms with Gasteiger partial charge in [0.15, 0.2) is 5.75 Å². The van der Waals surface area contributed by atoms with Crippen LogP contribution in [0.1, 0.15) is 31.0 Å². The Hall–Kier alpha value is -5.23. The minimum absolute atomic E-state index is 0.123. The van der Waals surface area contributed by atoms with Crippen LogP contribution in [0.4, 0.5) is 5.69 Å². The van der Waals surface area contributed by atoms with Gasteiger partial charge in [0.1, 0.15) is 17.3 Å². The topological polar surface area (TPSA) is 123 Å². The van der Waals surface area contributed by atoms with Gasteiger partial charge < -0.3 is 10.1 Å². The molecule has 1 heterocycles. The van der Waals surface area contributed by atoms with Gasteiger partial charge in [0.2, 0.25) is 0 Å². The predicted molar refractivity (Wildman–Crippen MR) is 143 cm³/mol. The molecule has 190 valence electrons. The monoisotopic (exact) mass is 507 g/mol. The molecule has 0 saturated carbocycles. The summed E-state index contributed by atoms with van der Waals surface area (Å²) in [4.78, 5) is 24.2. The summed E-state index contributed by atoms with van der Waals surface area (Å²) in [6.07, 6.45) is 3.12. The number of rotatable bonds is 9. The van der Waals surface area contributed by atoms with Crippen LogP contribution in [-0.4, -0.2) is 27.2 Å². The number of hydrogen-bond acceptors (Lipinski definition) is 6. The molecule has 1 N–H and O–H groups in total. The molecule has 9 heteroatoms. The molecule has 3 aromatic carbocycles. The van der Waals surface area contributed by atoms with Crippen molar-refractivity contribution < 1.29 is 14.5 Å². The van der Waals surface area contributed by atoms with Gasteiger partial charge in [0.05, 0.1) is 23.3 Å². The standard InChI is InChI=1S/C29H25N5O4/c1-3-38-27-15-14-22(17-26(27)34(36)37)28-24(19-33(32-28)25-12-8-5-9-13-25)16-23(18-30)29(35)31-20(2)21-10-6-4-7-11-21/h4-17,19-20H,3H2,1-2H3,(H,31,35)/b23-16+/t20-/m1/s1. The third-order valence-corrected chi connectivity index (χ3v) is 5.80. The number of para-hydroxylation sites is 1. The maximum Gasteiger partial charge on any atom is 0.311 e. The van der Waals surface area contributed by atoms with Crippen molar-refractivity contribution in [1.82, 2.24) is 15.1 Å². The van der Waals surface area contributed by atoms with E-state index in [1.807, 2.05) is 73.7 Å². The molecule has 0 spiro atoms. The highest BCUT2D eigenvalue weighted by atomic mass is 16.6. The second-order valence-electron chi connectivity index (χ2n) is 8.36. The SMILES string of the molecule is CCOc1ccc(-c2nn(-c3ccccc3)cc2/C=C(\C#N)C(=O)N[C@H](C)c2ccccc2)cc1[N+](=O)[O-]. The van der Waals surface area contributed by atoms with Gasteiger partial charge in [-0.15, -0.1) is 0 Å². The zero-order valence-corrected chi connectivity index (χ0v) is 20.9. The van der Waals surface area contributed by atoms with Crippen molar-refractivity contribution in [3.8, 4) is 28.8 Å². The van der Waals surface area contributed by atoms with E-state index in [2.05, 4.69) is 10.4 Å². The number of carbonyl (C=O) groups excluding carboxylic acids is 1.